The average Bonchev–Trinajstić information content (AvgIpc) is 2.76. The smallest absolute Gasteiger partial charge is 0.0897 e. The van der Waals surface area contributed by atoms with Crippen molar-refractivity contribution in [2.45, 2.75) is 58.2 Å². The number of hydrogen-bond acceptors (Lipinski definition) is 4. The third kappa shape index (κ3) is 4.04. The maximum Gasteiger partial charge on any atom is 0.0897 e. The summed E-state index contributed by atoms with van der Waals surface area (Å²) in [4.78, 5) is 6.96. The molecule has 0 radical (unpaired) electrons. The van der Waals surface area contributed by atoms with Crippen LogP contribution >= 0.6 is 11.3 Å². The molecule has 1 aromatic rings. The molecular formula is C14H25N3S. The fourth-order valence-corrected chi connectivity index (χ4v) is 3.21. The largest absolute Gasteiger partial charge is 0.314 e. The zero-order valence-electron chi connectivity index (χ0n) is 11.8. The second kappa shape index (κ2) is 6.64. The van der Waals surface area contributed by atoms with Gasteiger partial charge in [-0.1, -0.05) is 6.42 Å². The Balaban J connectivity index is 1.78. The maximum absolute atomic E-state index is 4.54. The molecule has 3 nitrogen and oxygen atoms in total. The van der Waals surface area contributed by atoms with Crippen LogP contribution in [-0.2, 0) is 6.54 Å². The predicted molar refractivity (Wildman–Crippen MR) is 78.0 cm³/mol. The summed E-state index contributed by atoms with van der Waals surface area (Å²) in [6.07, 6.45) is 5.33. The Kier molecular flexibility index (Phi) is 5.15. The van der Waals surface area contributed by atoms with Gasteiger partial charge in [0.2, 0.25) is 0 Å². The molecule has 0 amide bonds. The van der Waals surface area contributed by atoms with Gasteiger partial charge in [0.15, 0.2) is 0 Å². The number of rotatable bonds is 5. The van der Waals surface area contributed by atoms with Gasteiger partial charge in [0.1, 0.15) is 0 Å². The lowest BCUT2D eigenvalue weighted by Crippen LogP contribution is -2.40. The second-order valence-corrected chi connectivity index (χ2v) is 6.57. The van der Waals surface area contributed by atoms with Crippen molar-refractivity contribution in [1.82, 2.24) is 15.2 Å². The molecule has 1 fully saturated rings. The zero-order chi connectivity index (χ0) is 13.0. The van der Waals surface area contributed by atoms with E-state index in [4.69, 9.17) is 0 Å². The molecule has 0 bridgehead atoms. The van der Waals surface area contributed by atoms with Crippen molar-refractivity contribution in [2.24, 2.45) is 0 Å². The minimum atomic E-state index is 0.614. The van der Waals surface area contributed by atoms with Gasteiger partial charge in [0.25, 0.3) is 0 Å². The van der Waals surface area contributed by atoms with E-state index in [1.165, 1.54) is 42.9 Å². The van der Waals surface area contributed by atoms with Gasteiger partial charge < -0.3 is 5.32 Å². The van der Waals surface area contributed by atoms with Crippen LogP contribution in [0.25, 0.3) is 0 Å². The Morgan fingerprint density at radius 2 is 2.39 bits per heavy atom. The second-order valence-electron chi connectivity index (χ2n) is 5.50. The molecule has 1 aliphatic rings. The SMILES string of the molecule is Cc1nc(CN(C)C(C)CC2CCCCN2)cs1. The summed E-state index contributed by atoms with van der Waals surface area (Å²) in [6, 6.07) is 1.33. The number of hydrogen-bond donors (Lipinski definition) is 1. The fourth-order valence-electron chi connectivity index (χ4n) is 2.61. The molecule has 2 atom stereocenters. The first kappa shape index (κ1) is 14.0. The van der Waals surface area contributed by atoms with Gasteiger partial charge in [-0.3, -0.25) is 4.90 Å². The highest BCUT2D eigenvalue weighted by atomic mass is 32.1. The molecule has 18 heavy (non-hydrogen) atoms. The molecule has 0 saturated carbocycles. The van der Waals surface area contributed by atoms with Crippen molar-refractivity contribution in [3.63, 3.8) is 0 Å². The van der Waals surface area contributed by atoms with Crippen LogP contribution in [0.2, 0.25) is 0 Å². The molecule has 0 aromatic carbocycles. The van der Waals surface area contributed by atoms with E-state index in [2.05, 4.69) is 41.5 Å². The Bertz CT molecular complexity index is 358. The molecule has 102 valence electrons. The molecule has 2 rings (SSSR count). The summed E-state index contributed by atoms with van der Waals surface area (Å²) in [5.41, 5.74) is 1.21. The highest BCUT2D eigenvalue weighted by molar-refractivity contribution is 7.09. The van der Waals surface area contributed by atoms with Crippen LogP contribution in [0.15, 0.2) is 5.38 Å². The Morgan fingerprint density at radius 3 is 3.00 bits per heavy atom. The van der Waals surface area contributed by atoms with E-state index in [-0.39, 0.29) is 0 Å². The van der Waals surface area contributed by atoms with Crippen molar-refractivity contribution in [3.8, 4) is 0 Å². The van der Waals surface area contributed by atoms with Crippen molar-refractivity contribution in [2.75, 3.05) is 13.6 Å². The van der Waals surface area contributed by atoms with Crippen molar-refractivity contribution in [1.29, 1.82) is 0 Å². The number of thiazole rings is 1. The highest BCUT2D eigenvalue weighted by Crippen LogP contribution is 2.16. The summed E-state index contributed by atoms with van der Waals surface area (Å²) in [5.74, 6) is 0. The van der Waals surface area contributed by atoms with Crippen LogP contribution in [0.1, 0.15) is 43.3 Å². The van der Waals surface area contributed by atoms with Gasteiger partial charge >= 0.3 is 0 Å². The molecule has 2 unspecified atom stereocenters. The average molecular weight is 267 g/mol. The van der Waals surface area contributed by atoms with Crippen molar-refractivity contribution in [3.05, 3.63) is 16.1 Å². The van der Waals surface area contributed by atoms with Crippen LogP contribution < -0.4 is 5.32 Å². The molecule has 4 heteroatoms. The molecule has 1 aromatic heterocycles. The lowest BCUT2D eigenvalue weighted by atomic mass is 9.98. The maximum atomic E-state index is 4.54. The molecule has 0 spiro atoms. The lowest BCUT2D eigenvalue weighted by molar-refractivity contribution is 0.208. The van der Waals surface area contributed by atoms with Crippen LogP contribution in [0.5, 0.6) is 0 Å². The Labute approximate surface area is 115 Å². The standard InChI is InChI=1S/C14H25N3S/c1-11(8-13-6-4-5-7-15-13)17(3)9-14-10-18-12(2)16-14/h10-11,13,15H,4-9H2,1-3H3. The van der Waals surface area contributed by atoms with Gasteiger partial charge in [-0.25, -0.2) is 4.98 Å². The number of piperidine rings is 1. The molecule has 1 saturated heterocycles. The van der Waals surface area contributed by atoms with Crippen LogP contribution in [0.3, 0.4) is 0 Å². The van der Waals surface area contributed by atoms with E-state index in [1.807, 2.05) is 0 Å². The highest BCUT2D eigenvalue weighted by Gasteiger charge is 2.18. The number of aromatic nitrogens is 1. The van der Waals surface area contributed by atoms with Crippen molar-refractivity contribution >= 4 is 11.3 Å². The third-order valence-electron chi connectivity index (χ3n) is 3.87. The van der Waals surface area contributed by atoms with Gasteiger partial charge in [-0.2, -0.15) is 0 Å². The topological polar surface area (TPSA) is 28.2 Å². The minimum absolute atomic E-state index is 0.614. The molecule has 0 aliphatic carbocycles. The van der Waals surface area contributed by atoms with E-state index in [0.717, 1.165) is 6.54 Å². The Hall–Kier alpha value is -0.450. The van der Waals surface area contributed by atoms with Crippen LogP contribution in [0.4, 0.5) is 0 Å². The summed E-state index contributed by atoms with van der Waals surface area (Å²) in [5, 5.41) is 6.98. The quantitative estimate of drug-likeness (QED) is 0.889. The number of aryl methyl sites for hydroxylation is 1. The monoisotopic (exact) mass is 267 g/mol. The van der Waals surface area contributed by atoms with Gasteiger partial charge in [-0.05, 0) is 46.7 Å². The summed E-state index contributed by atoms with van der Waals surface area (Å²) in [6.45, 7) is 6.57. The molecular weight excluding hydrogens is 242 g/mol. The van der Waals surface area contributed by atoms with E-state index in [9.17, 15) is 0 Å². The normalized spacial score (nSPS) is 22.3. The van der Waals surface area contributed by atoms with Crippen LogP contribution in [-0.4, -0.2) is 35.6 Å². The predicted octanol–water partition coefficient (Wildman–Crippen LogP) is 2.80. The van der Waals surface area contributed by atoms with Crippen molar-refractivity contribution < 1.29 is 0 Å². The number of nitrogens with one attached hydrogen (secondary N) is 1. The summed E-state index contributed by atoms with van der Waals surface area (Å²) < 4.78 is 0. The zero-order valence-corrected chi connectivity index (χ0v) is 12.6. The van der Waals surface area contributed by atoms with E-state index in [0.29, 0.717) is 12.1 Å². The van der Waals surface area contributed by atoms with E-state index >= 15 is 0 Å². The Morgan fingerprint density at radius 1 is 1.56 bits per heavy atom. The molecule has 2 heterocycles. The van der Waals surface area contributed by atoms with Gasteiger partial charge in [0, 0.05) is 24.0 Å². The van der Waals surface area contributed by atoms with Gasteiger partial charge in [0.05, 0.1) is 10.7 Å². The molecule has 1 N–H and O–H groups in total. The van der Waals surface area contributed by atoms with Crippen LogP contribution in [0, 0.1) is 6.92 Å². The fraction of sp³-hybridized carbons (Fsp3) is 0.786. The third-order valence-corrected chi connectivity index (χ3v) is 4.69. The minimum Gasteiger partial charge on any atom is -0.314 e. The lowest BCUT2D eigenvalue weighted by Gasteiger charge is -2.30. The first-order valence-corrected chi connectivity index (χ1v) is 7.87. The first-order valence-electron chi connectivity index (χ1n) is 7.00. The van der Waals surface area contributed by atoms with Gasteiger partial charge in [-0.15, -0.1) is 11.3 Å². The van der Waals surface area contributed by atoms with E-state index in [1.54, 1.807) is 11.3 Å². The first-order chi connectivity index (χ1) is 8.65. The summed E-state index contributed by atoms with van der Waals surface area (Å²) >= 11 is 1.74. The molecule has 1 aliphatic heterocycles. The van der Waals surface area contributed by atoms with E-state index < -0.39 is 0 Å². The number of nitrogens with zero attached hydrogens (tertiary/aromatic N) is 2. The summed E-state index contributed by atoms with van der Waals surface area (Å²) in [7, 11) is 2.21.